The van der Waals surface area contributed by atoms with E-state index in [2.05, 4.69) is 10.7 Å². The first-order chi connectivity index (χ1) is 8.11. The Bertz CT molecular complexity index is 319. The molecule has 4 N–H and O–H groups in total. The maximum absolute atomic E-state index is 11.4. The molecule has 1 aliphatic carbocycles. The fourth-order valence-corrected chi connectivity index (χ4v) is 2.64. The highest BCUT2D eigenvalue weighted by Gasteiger charge is 2.33. The van der Waals surface area contributed by atoms with Crippen molar-refractivity contribution in [3.63, 3.8) is 0 Å². The van der Waals surface area contributed by atoms with Crippen molar-refractivity contribution in [2.45, 2.75) is 45.8 Å². The van der Waals surface area contributed by atoms with Crippen LogP contribution in [0.2, 0.25) is 0 Å². The number of nitrogens with two attached hydrogens (primary N) is 1. The lowest BCUT2D eigenvalue weighted by Gasteiger charge is -2.31. The molecule has 0 aromatic rings. The molecule has 5 nitrogen and oxygen atoms in total. The second-order valence-corrected chi connectivity index (χ2v) is 4.98. The van der Waals surface area contributed by atoms with E-state index in [-0.39, 0.29) is 18.1 Å². The fraction of sp³-hybridized carbons (Fsp3) is 0.750. The van der Waals surface area contributed by atoms with Crippen LogP contribution in [0.15, 0.2) is 11.5 Å². The van der Waals surface area contributed by atoms with Crippen LogP contribution in [-0.4, -0.2) is 12.1 Å². The van der Waals surface area contributed by atoms with Crippen LogP contribution in [0.1, 0.15) is 39.5 Å². The van der Waals surface area contributed by atoms with Crippen LogP contribution in [0.25, 0.3) is 0 Å². The third-order valence-corrected chi connectivity index (χ3v) is 3.90. The van der Waals surface area contributed by atoms with Gasteiger partial charge in [0.2, 0.25) is 5.91 Å². The molecule has 0 spiro atoms. The zero-order valence-electron chi connectivity index (χ0n) is 10.5. The topological polar surface area (TPSA) is 76.4 Å². The van der Waals surface area contributed by atoms with Gasteiger partial charge in [0.25, 0.3) is 0 Å². The normalized spacial score (nSPS) is 33.0. The summed E-state index contributed by atoms with van der Waals surface area (Å²) in [7, 11) is 0. The Morgan fingerprint density at radius 2 is 2.00 bits per heavy atom. The van der Waals surface area contributed by atoms with Crippen LogP contribution in [0, 0.1) is 11.8 Å². The Kier molecular flexibility index (Phi) is 3.57. The Balaban J connectivity index is 1.82. The van der Waals surface area contributed by atoms with Gasteiger partial charge < -0.3 is 10.1 Å². The quantitative estimate of drug-likeness (QED) is 0.381. The van der Waals surface area contributed by atoms with E-state index in [0.717, 1.165) is 37.1 Å². The lowest BCUT2D eigenvalue weighted by atomic mass is 9.81. The van der Waals surface area contributed by atoms with Gasteiger partial charge in [-0.1, -0.05) is 0 Å². The fourth-order valence-electron chi connectivity index (χ4n) is 2.64. The van der Waals surface area contributed by atoms with Crippen molar-refractivity contribution in [2.24, 2.45) is 17.7 Å². The minimum atomic E-state index is -0.0331. The van der Waals surface area contributed by atoms with Crippen LogP contribution in [0.4, 0.5) is 0 Å². The van der Waals surface area contributed by atoms with Crippen LogP contribution >= 0.6 is 0 Å². The summed E-state index contributed by atoms with van der Waals surface area (Å²) in [6.45, 7) is 4.01. The van der Waals surface area contributed by atoms with Crippen LogP contribution in [-0.2, 0) is 9.53 Å². The van der Waals surface area contributed by atoms with Crippen molar-refractivity contribution >= 4 is 5.91 Å². The minimum absolute atomic E-state index is 0.0331. The molecule has 2 rings (SSSR count). The third-order valence-electron chi connectivity index (χ3n) is 3.90. The molecule has 0 aromatic heterocycles. The van der Waals surface area contributed by atoms with E-state index in [4.69, 9.17) is 10.6 Å². The zero-order chi connectivity index (χ0) is 12.4. The van der Waals surface area contributed by atoms with Crippen molar-refractivity contribution in [3.05, 3.63) is 11.5 Å². The number of hydrogen-bond acceptors (Lipinski definition) is 4. The SMILES string of the molecule is CC1=C(C)OC([C@H]2CC[C@H](C(=O)NN)CC2)N1. The van der Waals surface area contributed by atoms with Gasteiger partial charge in [-0.2, -0.15) is 0 Å². The highest BCUT2D eigenvalue weighted by atomic mass is 16.5. The van der Waals surface area contributed by atoms with Crippen molar-refractivity contribution in [1.82, 2.24) is 10.7 Å². The Hall–Kier alpha value is -1.23. The van der Waals surface area contributed by atoms with Gasteiger partial charge in [-0.15, -0.1) is 0 Å². The average molecular weight is 239 g/mol. The van der Waals surface area contributed by atoms with Crippen LogP contribution in [0.5, 0.6) is 0 Å². The molecule has 0 radical (unpaired) electrons. The van der Waals surface area contributed by atoms with E-state index >= 15 is 0 Å². The number of hydrazine groups is 1. The Labute approximate surface area is 102 Å². The molecular formula is C12H21N3O2. The number of rotatable bonds is 2. The van der Waals surface area contributed by atoms with Gasteiger partial charge in [-0.25, -0.2) is 5.84 Å². The molecule has 1 fully saturated rings. The summed E-state index contributed by atoms with van der Waals surface area (Å²) in [5.41, 5.74) is 3.36. The molecule has 1 unspecified atom stereocenters. The Morgan fingerprint density at radius 1 is 1.35 bits per heavy atom. The van der Waals surface area contributed by atoms with Crippen molar-refractivity contribution < 1.29 is 9.53 Å². The first kappa shape index (κ1) is 12.2. The molecular weight excluding hydrogens is 218 g/mol. The molecule has 1 atom stereocenters. The van der Waals surface area contributed by atoms with E-state index in [1.54, 1.807) is 0 Å². The van der Waals surface area contributed by atoms with E-state index in [1.165, 1.54) is 0 Å². The highest BCUT2D eigenvalue weighted by Crippen LogP contribution is 2.34. The maximum Gasteiger partial charge on any atom is 0.236 e. The Morgan fingerprint density at radius 3 is 2.47 bits per heavy atom. The van der Waals surface area contributed by atoms with E-state index in [0.29, 0.717) is 5.92 Å². The summed E-state index contributed by atoms with van der Waals surface area (Å²) in [6, 6.07) is 0. The summed E-state index contributed by atoms with van der Waals surface area (Å²) in [5, 5.41) is 3.36. The van der Waals surface area contributed by atoms with Gasteiger partial charge in [-0.05, 0) is 39.5 Å². The molecule has 0 bridgehead atoms. The molecule has 96 valence electrons. The minimum Gasteiger partial charge on any atom is -0.473 e. The lowest BCUT2D eigenvalue weighted by molar-refractivity contribution is -0.126. The summed E-state index contributed by atoms with van der Waals surface area (Å²) in [5.74, 6) is 6.67. The van der Waals surface area contributed by atoms with E-state index < -0.39 is 0 Å². The highest BCUT2D eigenvalue weighted by molar-refractivity contribution is 5.77. The number of nitrogens with one attached hydrogen (secondary N) is 2. The molecule has 1 aliphatic heterocycles. The molecule has 17 heavy (non-hydrogen) atoms. The molecule has 1 saturated carbocycles. The zero-order valence-corrected chi connectivity index (χ0v) is 10.5. The number of hydrogen-bond donors (Lipinski definition) is 3. The van der Waals surface area contributed by atoms with Crippen LogP contribution in [0.3, 0.4) is 0 Å². The number of ether oxygens (including phenoxy) is 1. The molecule has 1 amide bonds. The first-order valence-electron chi connectivity index (χ1n) is 6.23. The van der Waals surface area contributed by atoms with Crippen molar-refractivity contribution in [1.29, 1.82) is 0 Å². The van der Waals surface area contributed by atoms with Crippen molar-refractivity contribution in [2.75, 3.05) is 0 Å². The standard InChI is InChI=1S/C12H21N3O2/c1-7-8(2)17-12(14-7)10-5-3-9(4-6-10)11(16)15-13/h9-10,12,14H,3-6,13H2,1-2H3,(H,15,16)/t9-,10-,12?. The predicted octanol–water partition coefficient (Wildman–Crippen LogP) is 0.980. The number of allylic oxidation sites excluding steroid dienone is 2. The molecule has 0 saturated heterocycles. The first-order valence-corrected chi connectivity index (χ1v) is 6.23. The number of carbonyl (C=O) groups excluding carboxylic acids is 1. The van der Waals surface area contributed by atoms with Gasteiger partial charge in [0, 0.05) is 17.5 Å². The van der Waals surface area contributed by atoms with Gasteiger partial charge in [-0.3, -0.25) is 10.2 Å². The monoisotopic (exact) mass is 239 g/mol. The van der Waals surface area contributed by atoms with E-state index in [9.17, 15) is 4.79 Å². The predicted molar refractivity (Wildman–Crippen MR) is 64.2 cm³/mol. The molecule has 0 aromatic carbocycles. The lowest BCUT2D eigenvalue weighted by Crippen LogP contribution is -2.40. The van der Waals surface area contributed by atoms with Gasteiger partial charge in [0.15, 0.2) is 6.23 Å². The average Bonchev–Trinajstić information content (AvgIpc) is 2.69. The second kappa shape index (κ2) is 4.96. The largest absolute Gasteiger partial charge is 0.473 e. The maximum atomic E-state index is 11.4. The molecule has 1 heterocycles. The summed E-state index contributed by atoms with van der Waals surface area (Å²) >= 11 is 0. The summed E-state index contributed by atoms with van der Waals surface area (Å²) < 4.78 is 5.78. The molecule has 2 aliphatic rings. The summed E-state index contributed by atoms with van der Waals surface area (Å²) in [4.78, 5) is 11.4. The summed E-state index contributed by atoms with van der Waals surface area (Å²) in [6.07, 6.45) is 3.91. The number of amides is 1. The second-order valence-electron chi connectivity index (χ2n) is 4.98. The van der Waals surface area contributed by atoms with Gasteiger partial charge >= 0.3 is 0 Å². The van der Waals surface area contributed by atoms with Gasteiger partial charge in [0.05, 0.1) is 0 Å². The molecule has 5 heteroatoms. The smallest absolute Gasteiger partial charge is 0.236 e. The van der Waals surface area contributed by atoms with Gasteiger partial charge in [0.1, 0.15) is 5.76 Å². The third kappa shape index (κ3) is 2.54. The number of carbonyl (C=O) groups is 1. The van der Waals surface area contributed by atoms with Crippen LogP contribution < -0.4 is 16.6 Å². The van der Waals surface area contributed by atoms with E-state index in [1.807, 2.05) is 13.8 Å². The van der Waals surface area contributed by atoms with Crippen molar-refractivity contribution in [3.8, 4) is 0 Å².